The molecule has 2 radical (unpaired) electrons. The number of aromatic nitrogens is 2. The molecule has 230 valence electrons. The fourth-order valence-electron chi connectivity index (χ4n) is 6.27. The Kier molecular flexibility index (Phi) is 12.9. The van der Waals surface area contributed by atoms with E-state index in [1.54, 1.807) is 0 Å². The smallest absolute Gasteiger partial charge is 1.00 e. The van der Waals surface area contributed by atoms with Gasteiger partial charge in [0, 0.05) is 31.9 Å². The van der Waals surface area contributed by atoms with Crippen molar-refractivity contribution in [3.05, 3.63) is 144 Å². The van der Waals surface area contributed by atoms with Gasteiger partial charge in [0.1, 0.15) is 0 Å². The van der Waals surface area contributed by atoms with Gasteiger partial charge in [-0.25, -0.2) is 0 Å². The van der Waals surface area contributed by atoms with E-state index in [0.29, 0.717) is 0 Å². The molecule has 0 aliphatic rings. The fraction of sp³-hybridized carbons (Fsp3) is 0.150. The van der Waals surface area contributed by atoms with Gasteiger partial charge in [-0.3, -0.25) is 0 Å². The summed E-state index contributed by atoms with van der Waals surface area (Å²) in [7, 11) is 1.08. The predicted octanol–water partition coefficient (Wildman–Crippen LogP) is 5.03. The average molecular weight is 694 g/mol. The molecule has 2 heterocycles. The minimum absolute atomic E-state index is 0. The quantitative estimate of drug-likeness (QED) is 0.178. The van der Waals surface area contributed by atoms with Crippen LogP contribution in [-0.2, 0) is 21.7 Å². The van der Waals surface area contributed by atoms with Crippen molar-refractivity contribution in [2.24, 2.45) is 0 Å². The van der Waals surface area contributed by atoms with Gasteiger partial charge in [0.2, 0.25) is 0 Å². The molecule has 0 atom stereocenters. The largest absolute Gasteiger partial charge is 4.00 e. The van der Waals surface area contributed by atoms with Crippen molar-refractivity contribution in [3.8, 4) is 11.4 Å². The van der Waals surface area contributed by atoms with Crippen LogP contribution in [0.4, 0.5) is 0 Å². The summed E-state index contributed by atoms with van der Waals surface area (Å²) in [5.74, 6) is 0. The third-order valence-corrected chi connectivity index (χ3v) is 8.47. The SMILES string of the molecule is C[Si]C.Cc1[cH-]c2c3ccccc3n(-c3ccccc3)c2c1C.Cc1[cH-]c2c3ccccc3n(-c3ccccc3)c2c1C.[Cl-].[Cl-].[Ti+4]. The van der Waals surface area contributed by atoms with E-state index in [-0.39, 0.29) is 46.5 Å². The van der Waals surface area contributed by atoms with Gasteiger partial charge in [-0.2, -0.15) is 0 Å². The topological polar surface area (TPSA) is 9.86 Å². The maximum Gasteiger partial charge on any atom is 4.00 e. The second kappa shape index (κ2) is 16.0. The Morgan fingerprint density at radius 3 is 1.13 bits per heavy atom. The van der Waals surface area contributed by atoms with Crippen LogP contribution >= 0.6 is 0 Å². The molecule has 0 bridgehead atoms. The molecule has 0 saturated heterocycles. The maximum absolute atomic E-state index is 2.38. The van der Waals surface area contributed by atoms with E-state index in [1.165, 1.54) is 77.2 Å². The molecule has 2 aromatic heterocycles. The molecule has 0 spiro atoms. The molecule has 0 saturated carbocycles. The van der Waals surface area contributed by atoms with Gasteiger partial charge in [-0.1, -0.05) is 135 Å². The van der Waals surface area contributed by atoms with Crippen molar-refractivity contribution in [1.29, 1.82) is 0 Å². The number of nitrogens with zero attached hydrogens (tertiary/aromatic N) is 2. The van der Waals surface area contributed by atoms with Crippen LogP contribution in [0.5, 0.6) is 0 Å². The first-order valence-corrected chi connectivity index (χ1v) is 17.0. The van der Waals surface area contributed by atoms with Crippen molar-refractivity contribution in [1.82, 2.24) is 9.13 Å². The van der Waals surface area contributed by atoms with E-state index in [0.717, 1.165) is 9.52 Å². The number of hydrogen-bond donors (Lipinski definition) is 0. The van der Waals surface area contributed by atoms with Crippen LogP contribution in [0.3, 0.4) is 0 Å². The predicted molar refractivity (Wildman–Crippen MR) is 189 cm³/mol. The molecule has 0 aliphatic heterocycles. The van der Waals surface area contributed by atoms with Crippen LogP contribution in [-0.4, -0.2) is 18.7 Å². The van der Waals surface area contributed by atoms with Crippen molar-refractivity contribution >= 4 is 53.1 Å². The molecule has 0 aliphatic carbocycles. The Bertz CT molecular complexity index is 2010. The standard InChI is InChI=1S/2C19H16N.C2H6Si.2ClH.Ti/c2*1-13-12-17-16-10-6-7-11-18(16)20(19(17)14(13)2)15-8-4-3-5-9-15;1-3-2;;;/h2*3-12H,1-2H3;1-2H3;2*1H;/q2*-1;;;;+4/p-2. The minimum atomic E-state index is 0. The van der Waals surface area contributed by atoms with Crippen LogP contribution in [0.25, 0.3) is 55.0 Å². The normalized spacial score (nSPS) is 10.4. The van der Waals surface area contributed by atoms with Gasteiger partial charge in [-0.15, -0.1) is 45.2 Å². The number of para-hydroxylation sites is 4. The summed E-state index contributed by atoms with van der Waals surface area (Å²) < 4.78 is 4.76. The summed E-state index contributed by atoms with van der Waals surface area (Å²) in [4.78, 5) is 0. The molecular formula is C40H38Cl2N2SiTi. The molecule has 0 fully saturated rings. The molecule has 8 aromatic rings. The second-order valence-corrected chi connectivity index (χ2v) is 12.3. The van der Waals surface area contributed by atoms with Crippen molar-refractivity contribution in [3.63, 3.8) is 0 Å². The number of benzene rings is 4. The molecule has 0 unspecified atom stereocenters. The van der Waals surface area contributed by atoms with Crippen LogP contribution in [0.1, 0.15) is 22.3 Å². The van der Waals surface area contributed by atoms with Gasteiger partial charge in [0.15, 0.2) is 0 Å². The monoisotopic (exact) mass is 692 g/mol. The van der Waals surface area contributed by atoms with Crippen LogP contribution in [0, 0.1) is 27.7 Å². The van der Waals surface area contributed by atoms with Gasteiger partial charge >= 0.3 is 21.7 Å². The number of hydrogen-bond acceptors (Lipinski definition) is 0. The third kappa shape index (κ3) is 6.58. The summed E-state index contributed by atoms with van der Waals surface area (Å²) in [6.07, 6.45) is 0. The Labute approximate surface area is 302 Å². The first kappa shape index (κ1) is 37.2. The van der Waals surface area contributed by atoms with E-state index in [4.69, 9.17) is 0 Å². The number of aryl methyl sites for hydroxylation is 4. The molecule has 46 heavy (non-hydrogen) atoms. The summed E-state index contributed by atoms with van der Waals surface area (Å²) in [6.45, 7) is 13.1. The zero-order chi connectivity index (χ0) is 30.1. The number of fused-ring (bicyclic) bond motifs is 6. The second-order valence-electron chi connectivity index (χ2n) is 11.3. The Hall–Kier alpha value is -3.31. The molecule has 2 nitrogen and oxygen atoms in total. The first-order chi connectivity index (χ1) is 21.0. The van der Waals surface area contributed by atoms with E-state index in [1.807, 2.05) is 0 Å². The molecule has 6 heteroatoms. The molecular weight excluding hydrogens is 655 g/mol. The first-order valence-electron chi connectivity index (χ1n) is 15.0. The zero-order valence-electron chi connectivity index (χ0n) is 27.2. The van der Waals surface area contributed by atoms with Gasteiger partial charge in [-0.05, 0) is 36.4 Å². The maximum atomic E-state index is 2.38. The van der Waals surface area contributed by atoms with Crippen molar-refractivity contribution < 1.29 is 46.5 Å². The molecule has 0 amide bonds. The fourth-order valence-corrected chi connectivity index (χ4v) is 6.27. The number of halogens is 2. The van der Waals surface area contributed by atoms with E-state index >= 15 is 0 Å². The Morgan fingerprint density at radius 2 is 0.783 bits per heavy atom. The van der Waals surface area contributed by atoms with E-state index in [9.17, 15) is 0 Å². The Balaban J connectivity index is 0.000000218. The third-order valence-electron chi connectivity index (χ3n) is 8.47. The van der Waals surface area contributed by atoms with Crippen LogP contribution in [0.2, 0.25) is 13.1 Å². The van der Waals surface area contributed by atoms with Crippen molar-refractivity contribution in [2.45, 2.75) is 40.8 Å². The van der Waals surface area contributed by atoms with Crippen LogP contribution < -0.4 is 24.8 Å². The zero-order valence-corrected chi connectivity index (χ0v) is 31.3. The molecule has 0 N–H and O–H groups in total. The molecule has 8 rings (SSSR count). The van der Waals surface area contributed by atoms with Gasteiger partial charge in [0.05, 0.1) is 0 Å². The van der Waals surface area contributed by atoms with Gasteiger partial charge < -0.3 is 33.9 Å². The summed E-state index contributed by atoms with van der Waals surface area (Å²) in [5, 5.41) is 5.39. The average Bonchev–Trinajstić information content (AvgIpc) is 3.72. The van der Waals surface area contributed by atoms with Gasteiger partial charge in [0.25, 0.3) is 0 Å². The molecule has 6 aromatic carbocycles. The summed E-state index contributed by atoms with van der Waals surface area (Å²) >= 11 is 0. The van der Waals surface area contributed by atoms with Crippen molar-refractivity contribution in [2.75, 3.05) is 0 Å². The Morgan fingerprint density at radius 1 is 0.478 bits per heavy atom. The summed E-state index contributed by atoms with van der Waals surface area (Å²) in [6, 6.07) is 43.2. The number of rotatable bonds is 2. The minimum Gasteiger partial charge on any atom is -1.00 e. The van der Waals surface area contributed by atoms with E-state index < -0.39 is 0 Å². The van der Waals surface area contributed by atoms with Crippen LogP contribution in [0.15, 0.2) is 121 Å². The van der Waals surface area contributed by atoms with E-state index in [2.05, 4.69) is 171 Å². The summed E-state index contributed by atoms with van der Waals surface area (Å²) in [5.41, 5.74) is 13.2.